The van der Waals surface area contributed by atoms with Crippen molar-refractivity contribution in [1.29, 1.82) is 0 Å². The van der Waals surface area contributed by atoms with Gasteiger partial charge in [0.1, 0.15) is 18.4 Å². The number of halogens is 5. The Balaban J connectivity index is 1.60. The molecule has 4 rings (SSSR count). The molecule has 1 N–H and O–H groups in total. The van der Waals surface area contributed by atoms with Gasteiger partial charge in [0.2, 0.25) is 11.7 Å². The van der Waals surface area contributed by atoms with Gasteiger partial charge in [-0.05, 0) is 66.2 Å². The summed E-state index contributed by atoms with van der Waals surface area (Å²) in [7, 11) is 0. The fraction of sp³-hybridized carbons (Fsp3) is 0.192. The van der Waals surface area contributed by atoms with Crippen LogP contribution in [-0.4, -0.2) is 38.1 Å². The summed E-state index contributed by atoms with van der Waals surface area (Å²) in [6.45, 7) is 0.683. The molecule has 0 bridgehead atoms. The fourth-order valence-electron chi connectivity index (χ4n) is 3.76. The van der Waals surface area contributed by atoms with Gasteiger partial charge in [-0.1, -0.05) is 35.9 Å². The summed E-state index contributed by atoms with van der Waals surface area (Å²) in [5.74, 6) is -1.89. The Morgan fingerprint density at radius 3 is 2.36 bits per heavy atom. The Morgan fingerprint density at radius 2 is 1.69 bits per heavy atom. The summed E-state index contributed by atoms with van der Waals surface area (Å²) in [5, 5.41) is 14.9. The molecule has 2 amide bonds. The number of para-hydroxylation sites is 1. The number of hydrogen-bond donors (Lipinski definition) is 1. The number of anilines is 1. The van der Waals surface area contributed by atoms with Crippen molar-refractivity contribution in [3.63, 3.8) is 0 Å². The molecular weight excluding hydrogens is 540 g/mol. The van der Waals surface area contributed by atoms with Crippen LogP contribution in [0.25, 0.3) is 11.4 Å². The van der Waals surface area contributed by atoms with Gasteiger partial charge < -0.3 is 5.32 Å². The highest BCUT2D eigenvalue weighted by Gasteiger charge is 2.38. The van der Waals surface area contributed by atoms with Crippen LogP contribution in [0.1, 0.15) is 18.1 Å². The van der Waals surface area contributed by atoms with E-state index >= 15 is 0 Å². The van der Waals surface area contributed by atoms with Crippen LogP contribution in [0, 0.1) is 5.82 Å². The summed E-state index contributed by atoms with van der Waals surface area (Å²) in [6.07, 6.45) is -4.80. The maximum Gasteiger partial charge on any atom is 0.418 e. The first-order chi connectivity index (χ1) is 18.5. The molecule has 0 spiro atoms. The van der Waals surface area contributed by atoms with Crippen LogP contribution in [-0.2, 0) is 28.9 Å². The van der Waals surface area contributed by atoms with Crippen LogP contribution in [0.3, 0.4) is 0 Å². The number of aromatic nitrogens is 4. The van der Waals surface area contributed by atoms with E-state index in [0.29, 0.717) is 16.1 Å². The largest absolute Gasteiger partial charge is 0.418 e. The quantitative estimate of drug-likeness (QED) is 0.310. The molecular formula is C26H21ClF4N6O2. The van der Waals surface area contributed by atoms with E-state index in [4.69, 9.17) is 11.6 Å². The number of carbonyl (C=O) groups excluding carboxylic acids is 2. The third-order valence-electron chi connectivity index (χ3n) is 5.72. The Hall–Kier alpha value is -4.32. The van der Waals surface area contributed by atoms with Gasteiger partial charge in [0.15, 0.2) is 0 Å². The molecule has 4 aromatic rings. The van der Waals surface area contributed by atoms with E-state index in [1.807, 2.05) is 0 Å². The minimum atomic E-state index is -4.80. The van der Waals surface area contributed by atoms with Crippen LogP contribution in [0.5, 0.6) is 0 Å². The monoisotopic (exact) mass is 560 g/mol. The highest BCUT2D eigenvalue weighted by molar-refractivity contribution is 6.30. The zero-order chi connectivity index (χ0) is 28.2. The zero-order valence-corrected chi connectivity index (χ0v) is 21.1. The number of nitrogens with one attached hydrogen (secondary N) is 1. The van der Waals surface area contributed by atoms with E-state index in [1.165, 1.54) is 43.3 Å². The van der Waals surface area contributed by atoms with Crippen molar-refractivity contribution in [2.45, 2.75) is 32.2 Å². The molecule has 0 aliphatic carbocycles. The predicted molar refractivity (Wildman–Crippen MR) is 135 cm³/mol. The van der Waals surface area contributed by atoms with Crippen molar-refractivity contribution in [2.75, 3.05) is 4.90 Å². The molecule has 1 aromatic heterocycles. The molecule has 0 aliphatic heterocycles. The lowest BCUT2D eigenvalue weighted by Gasteiger charge is -2.30. The van der Waals surface area contributed by atoms with Gasteiger partial charge in [0, 0.05) is 17.1 Å². The zero-order valence-electron chi connectivity index (χ0n) is 20.4. The smallest absolute Gasteiger partial charge is 0.350 e. The van der Waals surface area contributed by atoms with Gasteiger partial charge in [-0.2, -0.15) is 18.0 Å². The van der Waals surface area contributed by atoms with Gasteiger partial charge in [-0.15, -0.1) is 10.2 Å². The van der Waals surface area contributed by atoms with Crippen molar-refractivity contribution in [3.05, 3.63) is 94.8 Å². The number of rotatable bonds is 8. The highest BCUT2D eigenvalue weighted by Crippen LogP contribution is 2.37. The second-order valence-corrected chi connectivity index (χ2v) is 8.89. The SMILES string of the molecule is C[C@@H](C(=O)NCc1ccc(F)cc1)N(C(=O)Cn1nnc(-c2ccc(Cl)cc2)n1)c1ccccc1C(F)(F)F. The average molecular weight is 561 g/mol. The molecule has 1 atom stereocenters. The van der Waals surface area contributed by atoms with Crippen LogP contribution < -0.4 is 10.2 Å². The van der Waals surface area contributed by atoms with Crippen molar-refractivity contribution < 1.29 is 27.2 Å². The number of benzene rings is 3. The van der Waals surface area contributed by atoms with Crippen molar-refractivity contribution in [2.24, 2.45) is 0 Å². The molecule has 0 saturated heterocycles. The molecule has 13 heteroatoms. The molecule has 8 nitrogen and oxygen atoms in total. The summed E-state index contributed by atoms with van der Waals surface area (Å²) >= 11 is 5.89. The maximum atomic E-state index is 13.9. The third kappa shape index (κ3) is 6.77. The molecule has 0 fully saturated rings. The van der Waals surface area contributed by atoms with Crippen LogP contribution in [0.4, 0.5) is 23.2 Å². The number of alkyl halides is 3. The maximum absolute atomic E-state index is 13.9. The van der Waals surface area contributed by atoms with E-state index in [2.05, 4.69) is 20.7 Å². The summed E-state index contributed by atoms with van der Waals surface area (Å²) in [6, 6.07) is 14.9. The average Bonchev–Trinajstić information content (AvgIpc) is 3.36. The molecule has 39 heavy (non-hydrogen) atoms. The van der Waals surface area contributed by atoms with E-state index in [1.54, 1.807) is 24.3 Å². The molecule has 0 aliphatic rings. The summed E-state index contributed by atoms with van der Waals surface area (Å²) in [4.78, 5) is 28.1. The minimum absolute atomic E-state index is 0.0263. The summed E-state index contributed by atoms with van der Waals surface area (Å²) in [5.41, 5.74) is -0.472. The molecule has 0 saturated carbocycles. The first-order valence-corrected chi connectivity index (χ1v) is 11.9. The van der Waals surface area contributed by atoms with Gasteiger partial charge in [-0.3, -0.25) is 14.5 Å². The van der Waals surface area contributed by atoms with Gasteiger partial charge in [0.25, 0.3) is 5.91 Å². The number of tetrazole rings is 1. The second kappa shape index (κ2) is 11.6. The second-order valence-electron chi connectivity index (χ2n) is 8.45. The predicted octanol–water partition coefficient (Wildman–Crippen LogP) is 4.89. The number of hydrogen-bond acceptors (Lipinski definition) is 5. The molecule has 0 unspecified atom stereocenters. The Kier molecular flexibility index (Phi) is 8.24. The third-order valence-corrected chi connectivity index (χ3v) is 5.97. The standard InChI is InChI=1S/C26H21ClF4N6O2/c1-16(25(39)32-14-17-6-12-20(28)13-7-17)37(22-5-3-2-4-21(22)26(29,30)31)23(38)15-36-34-24(33-35-36)18-8-10-19(27)11-9-18/h2-13,16H,14-15H2,1H3,(H,32,39)/t16-/m0/s1. The lowest BCUT2D eigenvalue weighted by molar-refractivity contribution is -0.137. The lowest BCUT2D eigenvalue weighted by atomic mass is 10.1. The number of amides is 2. The van der Waals surface area contributed by atoms with Gasteiger partial charge >= 0.3 is 6.18 Å². The van der Waals surface area contributed by atoms with E-state index in [0.717, 1.165) is 21.8 Å². The number of nitrogens with zero attached hydrogens (tertiary/aromatic N) is 5. The van der Waals surface area contributed by atoms with Gasteiger partial charge in [0.05, 0.1) is 11.3 Å². The van der Waals surface area contributed by atoms with E-state index < -0.39 is 47.6 Å². The van der Waals surface area contributed by atoms with E-state index in [9.17, 15) is 27.2 Å². The molecule has 202 valence electrons. The molecule has 3 aromatic carbocycles. The van der Waals surface area contributed by atoms with Crippen LogP contribution in [0.2, 0.25) is 5.02 Å². The first kappa shape index (κ1) is 27.7. The number of carbonyl (C=O) groups is 2. The lowest BCUT2D eigenvalue weighted by Crippen LogP contribution is -2.50. The van der Waals surface area contributed by atoms with Crippen LogP contribution >= 0.6 is 11.6 Å². The first-order valence-electron chi connectivity index (χ1n) is 11.6. The minimum Gasteiger partial charge on any atom is -0.350 e. The topological polar surface area (TPSA) is 93.0 Å². The Bertz CT molecular complexity index is 1460. The highest BCUT2D eigenvalue weighted by atomic mass is 35.5. The normalized spacial score (nSPS) is 12.2. The fourth-order valence-corrected chi connectivity index (χ4v) is 3.89. The Morgan fingerprint density at radius 1 is 1.03 bits per heavy atom. The van der Waals surface area contributed by atoms with Crippen molar-refractivity contribution in [1.82, 2.24) is 25.5 Å². The van der Waals surface area contributed by atoms with Gasteiger partial charge in [-0.25, -0.2) is 4.39 Å². The molecule has 0 radical (unpaired) electrons. The summed E-state index contributed by atoms with van der Waals surface area (Å²) < 4.78 is 54.8. The Labute approximate surface area is 225 Å². The molecule has 1 heterocycles. The van der Waals surface area contributed by atoms with E-state index in [-0.39, 0.29) is 12.4 Å². The van der Waals surface area contributed by atoms with Crippen molar-refractivity contribution in [3.8, 4) is 11.4 Å². The van der Waals surface area contributed by atoms with Crippen LogP contribution in [0.15, 0.2) is 72.8 Å². The van der Waals surface area contributed by atoms with Crippen molar-refractivity contribution >= 4 is 29.1 Å².